The van der Waals surface area contributed by atoms with E-state index in [1.807, 2.05) is 0 Å². The van der Waals surface area contributed by atoms with Crippen molar-refractivity contribution in [3.63, 3.8) is 0 Å². The van der Waals surface area contributed by atoms with Crippen molar-refractivity contribution < 1.29 is 18.3 Å². The van der Waals surface area contributed by atoms with Crippen molar-refractivity contribution in [2.45, 2.75) is 24.9 Å². The molecule has 0 fully saturated rings. The molecule has 0 atom stereocenters. The third-order valence-electron chi connectivity index (χ3n) is 3.45. The highest BCUT2D eigenvalue weighted by molar-refractivity contribution is 7.91. The number of carboxylic acid groups (broad SMARTS) is 1. The standard InChI is InChI=1S/C14H17NO4S/c1-9(2)20(18,19)8-11-7-10-5-4-6-12(14(16)17)13(10)15(11)3/h4-7,9H,8H2,1-3H3,(H,16,17). The predicted octanol–water partition coefficient (Wildman–Crippen LogP) is 2.20. The summed E-state index contributed by atoms with van der Waals surface area (Å²) in [6, 6.07) is 6.70. The minimum atomic E-state index is -3.22. The molecule has 5 nitrogen and oxygen atoms in total. The zero-order valence-electron chi connectivity index (χ0n) is 11.6. The van der Waals surface area contributed by atoms with Gasteiger partial charge < -0.3 is 9.67 Å². The van der Waals surface area contributed by atoms with Gasteiger partial charge in [0, 0.05) is 18.1 Å². The molecule has 20 heavy (non-hydrogen) atoms. The van der Waals surface area contributed by atoms with E-state index in [1.165, 1.54) is 6.07 Å². The first-order valence-corrected chi connectivity index (χ1v) is 7.97. The summed E-state index contributed by atoms with van der Waals surface area (Å²) in [5.74, 6) is -1.11. The molecule has 2 rings (SSSR count). The van der Waals surface area contributed by atoms with Crippen molar-refractivity contribution in [2.75, 3.05) is 0 Å². The van der Waals surface area contributed by atoms with E-state index in [4.69, 9.17) is 0 Å². The molecule has 0 aliphatic rings. The van der Waals surface area contributed by atoms with E-state index in [2.05, 4.69) is 0 Å². The quantitative estimate of drug-likeness (QED) is 0.938. The summed E-state index contributed by atoms with van der Waals surface area (Å²) in [5, 5.41) is 9.48. The van der Waals surface area contributed by atoms with Crippen molar-refractivity contribution in [2.24, 2.45) is 7.05 Å². The van der Waals surface area contributed by atoms with Crippen molar-refractivity contribution in [3.8, 4) is 0 Å². The lowest BCUT2D eigenvalue weighted by Gasteiger charge is -2.09. The van der Waals surface area contributed by atoms with E-state index in [-0.39, 0.29) is 11.3 Å². The second-order valence-electron chi connectivity index (χ2n) is 5.10. The number of aromatic carboxylic acids is 1. The lowest BCUT2D eigenvalue weighted by atomic mass is 10.1. The highest BCUT2D eigenvalue weighted by atomic mass is 32.2. The Hall–Kier alpha value is -1.82. The summed E-state index contributed by atoms with van der Waals surface area (Å²) >= 11 is 0. The molecule has 1 N–H and O–H groups in total. The van der Waals surface area contributed by atoms with Gasteiger partial charge in [-0.1, -0.05) is 12.1 Å². The van der Waals surface area contributed by atoms with Crippen LogP contribution in [0, 0.1) is 0 Å². The lowest BCUT2D eigenvalue weighted by molar-refractivity contribution is 0.0698. The summed E-state index contributed by atoms with van der Waals surface area (Å²) in [6.45, 7) is 3.28. The molecule has 108 valence electrons. The summed E-state index contributed by atoms with van der Waals surface area (Å²) in [5.41, 5.74) is 1.33. The Bertz CT molecular complexity index is 772. The van der Waals surface area contributed by atoms with Gasteiger partial charge in [-0.25, -0.2) is 13.2 Å². The number of hydrogen-bond acceptors (Lipinski definition) is 3. The maximum atomic E-state index is 12.0. The van der Waals surface area contributed by atoms with Crippen LogP contribution >= 0.6 is 0 Å². The number of para-hydroxylation sites is 1. The van der Waals surface area contributed by atoms with Crippen LogP contribution in [0.15, 0.2) is 24.3 Å². The average Bonchev–Trinajstić information content (AvgIpc) is 2.65. The van der Waals surface area contributed by atoms with Crippen LogP contribution in [-0.2, 0) is 22.6 Å². The van der Waals surface area contributed by atoms with Gasteiger partial charge in [-0.05, 0) is 26.0 Å². The summed E-state index contributed by atoms with van der Waals surface area (Å²) in [7, 11) is -1.53. The van der Waals surface area contributed by atoms with E-state index >= 15 is 0 Å². The first kappa shape index (κ1) is 14.6. The zero-order chi connectivity index (χ0) is 15.1. The average molecular weight is 295 g/mol. The fourth-order valence-corrected chi connectivity index (χ4v) is 3.18. The fourth-order valence-electron chi connectivity index (χ4n) is 2.16. The number of benzene rings is 1. The van der Waals surface area contributed by atoms with Crippen LogP contribution < -0.4 is 0 Å². The topological polar surface area (TPSA) is 76.4 Å². The molecule has 0 spiro atoms. The number of fused-ring (bicyclic) bond motifs is 1. The molecule has 0 aliphatic carbocycles. The van der Waals surface area contributed by atoms with Crippen molar-refractivity contribution in [3.05, 3.63) is 35.5 Å². The van der Waals surface area contributed by atoms with Gasteiger partial charge in [0.1, 0.15) is 0 Å². The van der Waals surface area contributed by atoms with Crippen LogP contribution in [0.2, 0.25) is 0 Å². The summed E-state index contributed by atoms with van der Waals surface area (Å²) in [4.78, 5) is 11.2. The lowest BCUT2D eigenvalue weighted by Crippen LogP contribution is -2.17. The Morgan fingerprint density at radius 1 is 1.35 bits per heavy atom. The molecule has 0 unspecified atom stereocenters. The van der Waals surface area contributed by atoms with Gasteiger partial charge in [-0.2, -0.15) is 0 Å². The fraction of sp³-hybridized carbons (Fsp3) is 0.357. The van der Waals surface area contributed by atoms with Crippen LogP contribution in [-0.4, -0.2) is 29.3 Å². The first-order valence-electron chi connectivity index (χ1n) is 6.26. The number of carboxylic acids is 1. The zero-order valence-corrected chi connectivity index (χ0v) is 12.4. The Morgan fingerprint density at radius 3 is 2.55 bits per heavy atom. The van der Waals surface area contributed by atoms with Gasteiger partial charge in [-0.15, -0.1) is 0 Å². The van der Waals surface area contributed by atoms with Crippen LogP contribution in [0.5, 0.6) is 0 Å². The molecule has 6 heteroatoms. The van der Waals surface area contributed by atoms with Gasteiger partial charge in [0.15, 0.2) is 9.84 Å². The second-order valence-corrected chi connectivity index (χ2v) is 7.66. The third-order valence-corrected chi connectivity index (χ3v) is 5.59. The molecule has 0 saturated heterocycles. The number of nitrogens with zero attached hydrogens (tertiary/aromatic N) is 1. The third kappa shape index (κ3) is 2.43. The van der Waals surface area contributed by atoms with E-state index in [9.17, 15) is 18.3 Å². The van der Waals surface area contributed by atoms with Crippen molar-refractivity contribution in [1.82, 2.24) is 4.57 Å². The highest BCUT2D eigenvalue weighted by Crippen LogP contribution is 2.24. The van der Waals surface area contributed by atoms with Crippen LogP contribution in [0.4, 0.5) is 0 Å². The molecule has 2 aromatic rings. The maximum absolute atomic E-state index is 12.0. The van der Waals surface area contributed by atoms with Gasteiger partial charge in [0.05, 0.1) is 22.1 Å². The number of rotatable bonds is 4. The van der Waals surface area contributed by atoms with Crippen molar-refractivity contribution >= 4 is 26.7 Å². The Kier molecular flexibility index (Phi) is 3.60. The van der Waals surface area contributed by atoms with Gasteiger partial charge in [0.25, 0.3) is 0 Å². The molecule has 0 radical (unpaired) electrons. The summed E-state index contributed by atoms with van der Waals surface area (Å²) < 4.78 is 25.7. The van der Waals surface area contributed by atoms with E-state index in [0.717, 1.165) is 5.39 Å². The van der Waals surface area contributed by atoms with Crippen LogP contribution in [0.3, 0.4) is 0 Å². The van der Waals surface area contributed by atoms with E-state index in [1.54, 1.807) is 43.7 Å². The molecule has 0 amide bonds. The number of aromatic nitrogens is 1. The molecule has 0 aliphatic heterocycles. The van der Waals surface area contributed by atoms with E-state index < -0.39 is 21.1 Å². The minimum Gasteiger partial charge on any atom is -0.478 e. The minimum absolute atomic E-state index is 0.0884. The Morgan fingerprint density at radius 2 is 2.00 bits per heavy atom. The molecule has 1 aromatic carbocycles. The molecule has 0 bridgehead atoms. The monoisotopic (exact) mass is 295 g/mol. The molecule has 1 heterocycles. The van der Waals surface area contributed by atoms with Gasteiger partial charge in [-0.3, -0.25) is 0 Å². The van der Waals surface area contributed by atoms with Gasteiger partial charge >= 0.3 is 5.97 Å². The SMILES string of the molecule is CC(C)S(=O)(=O)Cc1cc2cccc(C(=O)O)c2n1C. The number of carbonyl (C=O) groups is 1. The smallest absolute Gasteiger partial charge is 0.337 e. The molecule has 1 aromatic heterocycles. The number of sulfone groups is 1. The van der Waals surface area contributed by atoms with Crippen LogP contribution in [0.25, 0.3) is 10.9 Å². The molecule has 0 saturated carbocycles. The van der Waals surface area contributed by atoms with Crippen LogP contribution in [0.1, 0.15) is 29.9 Å². The number of aryl methyl sites for hydroxylation is 1. The Labute approximate surface area is 117 Å². The van der Waals surface area contributed by atoms with Gasteiger partial charge in [0.2, 0.25) is 0 Å². The largest absolute Gasteiger partial charge is 0.478 e. The highest BCUT2D eigenvalue weighted by Gasteiger charge is 2.21. The summed E-state index contributed by atoms with van der Waals surface area (Å²) in [6.07, 6.45) is 0. The predicted molar refractivity (Wildman–Crippen MR) is 77.6 cm³/mol. The normalized spacial score (nSPS) is 12.2. The second kappa shape index (κ2) is 4.94. The maximum Gasteiger partial charge on any atom is 0.337 e. The van der Waals surface area contributed by atoms with Crippen molar-refractivity contribution in [1.29, 1.82) is 0 Å². The number of hydrogen-bond donors (Lipinski definition) is 1. The molecular weight excluding hydrogens is 278 g/mol. The molecular formula is C14H17NO4S. The van der Waals surface area contributed by atoms with E-state index in [0.29, 0.717) is 11.2 Å². The Balaban J connectivity index is 2.61. The first-order chi connectivity index (χ1) is 9.24.